The van der Waals surface area contributed by atoms with Crippen LogP contribution >= 0.6 is 15.6 Å². The third-order valence-electron chi connectivity index (χ3n) is 3.45. The average molecular weight is 380 g/mol. The van der Waals surface area contributed by atoms with Crippen molar-refractivity contribution in [2.75, 3.05) is 0 Å². The molecule has 1 rings (SSSR count). The van der Waals surface area contributed by atoms with Gasteiger partial charge in [0.1, 0.15) is 5.75 Å². The van der Waals surface area contributed by atoms with E-state index in [1.54, 1.807) is 18.2 Å². The van der Waals surface area contributed by atoms with Crippen LogP contribution in [0.15, 0.2) is 24.3 Å². The maximum absolute atomic E-state index is 11.6. The Labute approximate surface area is 142 Å². The first-order valence-corrected chi connectivity index (χ1v) is 11.1. The van der Waals surface area contributed by atoms with Gasteiger partial charge in [0.25, 0.3) is 0 Å². The summed E-state index contributed by atoms with van der Waals surface area (Å²) in [6, 6.07) is 6.61. The molecule has 3 N–H and O–H groups in total. The monoisotopic (exact) mass is 380 g/mol. The quantitative estimate of drug-likeness (QED) is 0.360. The molecule has 24 heavy (non-hydrogen) atoms. The molecule has 0 spiro atoms. The fraction of sp³-hybridized carbons (Fsp3) is 0.600. The van der Waals surface area contributed by atoms with Gasteiger partial charge < -0.3 is 14.3 Å². The molecule has 0 radical (unpaired) electrons. The minimum Gasteiger partial charge on any atom is -0.404 e. The van der Waals surface area contributed by atoms with E-state index in [9.17, 15) is 14.0 Å². The van der Waals surface area contributed by atoms with Crippen molar-refractivity contribution in [3.63, 3.8) is 0 Å². The largest absolute Gasteiger partial charge is 0.536 e. The molecule has 0 aliphatic carbocycles. The SMILES string of the molecule is CCCCCCCCCc1ccccc1OP(=O)(O)OP(=O)(O)O. The van der Waals surface area contributed by atoms with Crippen LogP contribution in [0, 0.1) is 0 Å². The minimum absolute atomic E-state index is 0.0998. The van der Waals surface area contributed by atoms with Crippen molar-refractivity contribution in [3.8, 4) is 5.75 Å². The van der Waals surface area contributed by atoms with E-state index in [1.165, 1.54) is 31.7 Å². The van der Waals surface area contributed by atoms with Gasteiger partial charge in [0.05, 0.1) is 0 Å². The molecule has 1 unspecified atom stereocenters. The van der Waals surface area contributed by atoms with Gasteiger partial charge >= 0.3 is 15.6 Å². The minimum atomic E-state index is -5.12. The van der Waals surface area contributed by atoms with E-state index in [4.69, 9.17) is 14.3 Å². The van der Waals surface area contributed by atoms with Crippen LogP contribution in [0.3, 0.4) is 0 Å². The van der Waals surface area contributed by atoms with E-state index < -0.39 is 15.6 Å². The lowest BCUT2D eigenvalue weighted by Gasteiger charge is -2.15. The molecule has 0 fully saturated rings. The van der Waals surface area contributed by atoms with Crippen LogP contribution in [0.1, 0.15) is 57.4 Å². The summed E-state index contributed by atoms with van der Waals surface area (Å²) in [6.45, 7) is 2.17. The van der Waals surface area contributed by atoms with Gasteiger partial charge in [-0.15, -0.1) is 0 Å². The fourth-order valence-corrected chi connectivity index (χ4v) is 3.98. The molecule has 0 aromatic heterocycles. The summed E-state index contributed by atoms with van der Waals surface area (Å²) in [5.41, 5.74) is 0.703. The summed E-state index contributed by atoms with van der Waals surface area (Å²) >= 11 is 0. The molecule has 0 heterocycles. The summed E-state index contributed by atoms with van der Waals surface area (Å²) in [6.07, 6.45) is 8.65. The Bertz CT molecular complexity index is 585. The van der Waals surface area contributed by atoms with Gasteiger partial charge in [-0.3, -0.25) is 4.89 Å². The highest BCUT2D eigenvalue weighted by Gasteiger charge is 2.34. The van der Waals surface area contributed by atoms with E-state index in [-0.39, 0.29) is 5.75 Å². The first-order chi connectivity index (χ1) is 11.2. The smallest absolute Gasteiger partial charge is 0.404 e. The standard InChI is InChI=1S/C15H26O7P2/c1-2-3-4-5-6-7-8-11-14-12-9-10-13-15(14)21-24(19,20)22-23(16,17)18/h9-10,12-13H,2-8,11H2,1H3,(H,19,20)(H2,16,17,18). The van der Waals surface area contributed by atoms with Crippen LogP contribution in [0.25, 0.3) is 0 Å². The number of phosphoric ester groups is 1. The van der Waals surface area contributed by atoms with Crippen molar-refractivity contribution in [2.24, 2.45) is 0 Å². The maximum atomic E-state index is 11.6. The van der Waals surface area contributed by atoms with Crippen LogP contribution < -0.4 is 4.52 Å². The highest BCUT2D eigenvalue weighted by atomic mass is 31.3. The van der Waals surface area contributed by atoms with Crippen molar-refractivity contribution < 1.29 is 32.6 Å². The average Bonchev–Trinajstić information content (AvgIpc) is 2.45. The van der Waals surface area contributed by atoms with Crippen molar-refractivity contribution >= 4 is 15.6 Å². The molecule has 9 heteroatoms. The zero-order chi connectivity index (χ0) is 18.1. The van der Waals surface area contributed by atoms with E-state index >= 15 is 0 Å². The van der Waals surface area contributed by atoms with Gasteiger partial charge in [-0.2, -0.15) is 4.31 Å². The Hall–Kier alpha value is -0.680. The number of phosphoric acid groups is 2. The van der Waals surface area contributed by atoms with Gasteiger partial charge in [-0.05, 0) is 24.5 Å². The number of hydrogen-bond donors (Lipinski definition) is 3. The Balaban J connectivity index is 2.53. The second-order valence-electron chi connectivity index (χ2n) is 5.61. The first kappa shape index (κ1) is 21.4. The summed E-state index contributed by atoms with van der Waals surface area (Å²) in [4.78, 5) is 26.7. The van der Waals surface area contributed by atoms with E-state index in [0.717, 1.165) is 19.3 Å². The van der Waals surface area contributed by atoms with Crippen LogP contribution in [-0.4, -0.2) is 14.7 Å². The van der Waals surface area contributed by atoms with Gasteiger partial charge in [-0.25, -0.2) is 9.13 Å². The Kier molecular flexibility index (Phi) is 9.21. The molecule has 0 amide bonds. The van der Waals surface area contributed by atoms with Gasteiger partial charge in [0, 0.05) is 0 Å². The second kappa shape index (κ2) is 10.3. The van der Waals surface area contributed by atoms with E-state index in [1.807, 2.05) is 0 Å². The zero-order valence-corrected chi connectivity index (χ0v) is 15.6. The third kappa shape index (κ3) is 9.58. The second-order valence-corrected chi connectivity index (χ2v) is 8.37. The lowest BCUT2D eigenvalue weighted by atomic mass is 10.0. The van der Waals surface area contributed by atoms with Crippen molar-refractivity contribution in [2.45, 2.75) is 58.3 Å². The number of rotatable bonds is 12. The van der Waals surface area contributed by atoms with Crippen LogP contribution in [0.4, 0.5) is 0 Å². The Morgan fingerprint density at radius 1 is 0.917 bits per heavy atom. The van der Waals surface area contributed by atoms with Crippen molar-refractivity contribution in [1.29, 1.82) is 0 Å². The molecule has 0 aliphatic heterocycles. The molecule has 1 aromatic rings. The summed E-state index contributed by atoms with van der Waals surface area (Å²) in [7, 11) is -10.0. The molecule has 0 bridgehead atoms. The van der Waals surface area contributed by atoms with Crippen LogP contribution in [-0.2, 0) is 19.9 Å². The van der Waals surface area contributed by atoms with Gasteiger partial charge in [-0.1, -0.05) is 63.6 Å². The lowest BCUT2D eigenvalue weighted by Crippen LogP contribution is -1.99. The predicted molar refractivity (Wildman–Crippen MR) is 91.7 cm³/mol. The summed E-state index contributed by atoms with van der Waals surface area (Å²) in [5, 5.41) is 0. The van der Waals surface area contributed by atoms with Crippen LogP contribution in [0.2, 0.25) is 0 Å². The molecule has 138 valence electrons. The van der Waals surface area contributed by atoms with Crippen molar-refractivity contribution in [1.82, 2.24) is 0 Å². The first-order valence-electron chi connectivity index (χ1n) is 8.11. The third-order valence-corrected chi connectivity index (χ3v) is 5.55. The molecule has 1 aromatic carbocycles. The molecule has 1 atom stereocenters. The zero-order valence-electron chi connectivity index (χ0n) is 13.8. The molecule has 0 saturated carbocycles. The molecule has 7 nitrogen and oxygen atoms in total. The molecule has 0 aliphatic rings. The Morgan fingerprint density at radius 2 is 1.50 bits per heavy atom. The van der Waals surface area contributed by atoms with E-state index in [0.29, 0.717) is 12.0 Å². The lowest BCUT2D eigenvalue weighted by molar-refractivity contribution is 0.229. The molecular weight excluding hydrogens is 354 g/mol. The fourth-order valence-electron chi connectivity index (χ4n) is 2.35. The number of unbranched alkanes of at least 4 members (excludes halogenated alkanes) is 6. The molecular formula is C15H26O7P2. The summed E-state index contributed by atoms with van der Waals surface area (Å²) < 4.78 is 31.0. The van der Waals surface area contributed by atoms with E-state index in [2.05, 4.69) is 11.2 Å². The topological polar surface area (TPSA) is 113 Å². The number of aryl methyl sites for hydroxylation is 1. The molecule has 0 saturated heterocycles. The summed E-state index contributed by atoms with van der Waals surface area (Å²) in [5.74, 6) is 0.0998. The Morgan fingerprint density at radius 3 is 2.12 bits per heavy atom. The van der Waals surface area contributed by atoms with Gasteiger partial charge in [0.2, 0.25) is 0 Å². The number of hydrogen-bond acceptors (Lipinski definition) is 4. The number of para-hydroxylation sites is 1. The predicted octanol–water partition coefficient (Wildman–Crippen LogP) is 4.57. The van der Waals surface area contributed by atoms with Crippen LogP contribution in [0.5, 0.6) is 5.75 Å². The van der Waals surface area contributed by atoms with Gasteiger partial charge in [0.15, 0.2) is 0 Å². The maximum Gasteiger partial charge on any atom is 0.536 e. The number of benzene rings is 1. The normalized spacial score (nSPS) is 14.3. The highest BCUT2D eigenvalue weighted by molar-refractivity contribution is 7.60. The van der Waals surface area contributed by atoms with Crippen molar-refractivity contribution in [3.05, 3.63) is 29.8 Å². The highest BCUT2D eigenvalue weighted by Crippen LogP contribution is 2.57.